The summed E-state index contributed by atoms with van der Waals surface area (Å²) in [4.78, 5) is 2.53. The Balaban J connectivity index is 1.06. The Kier molecular flexibility index (Phi) is 7.24. The van der Waals surface area contributed by atoms with Gasteiger partial charge in [-0.15, -0.1) is 0 Å². The van der Waals surface area contributed by atoms with Gasteiger partial charge in [-0.25, -0.2) is 0 Å². The molecule has 11 aromatic carbocycles. The van der Waals surface area contributed by atoms with Crippen molar-refractivity contribution in [1.82, 2.24) is 0 Å². The molecule has 3 aliphatic carbocycles. The van der Waals surface area contributed by atoms with Crippen molar-refractivity contribution in [2.45, 2.75) is 17.8 Å². The van der Waals surface area contributed by atoms with E-state index in [1.54, 1.807) is 0 Å². The van der Waals surface area contributed by atoms with Crippen molar-refractivity contribution >= 4 is 49.4 Å². The van der Waals surface area contributed by atoms with E-state index in [9.17, 15) is 0 Å². The molecule has 14 rings (SSSR count). The van der Waals surface area contributed by atoms with Crippen LogP contribution in [-0.2, 0) is 10.8 Å². The van der Waals surface area contributed by atoms with Crippen molar-refractivity contribution in [2.24, 2.45) is 0 Å². The van der Waals surface area contributed by atoms with Crippen LogP contribution in [0, 0.1) is 0 Å². The van der Waals surface area contributed by atoms with Crippen LogP contribution in [0.2, 0.25) is 0 Å². The molecular formula is C63H41N. The summed E-state index contributed by atoms with van der Waals surface area (Å²) in [5, 5.41) is 7.62. The molecule has 11 aromatic rings. The summed E-state index contributed by atoms with van der Waals surface area (Å²) >= 11 is 0. The van der Waals surface area contributed by atoms with E-state index in [-0.39, 0.29) is 5.41 Å². The molecule has 64 heavy (non-hydrogen) atoms. The Morgan fingerprint density at radius 3 is 1.17 bits per heavy atom. The van der Waals surface area contributed by atoms with Crippen molar-refractivity contribution in [3.63, 3.8) is 0 Å². The first-order valence-electron chi connectivity index (χ1n) is 22.5. The van der Waals surface area contributed by atoms with Crippen LogP contribution in [0.5, 0.6) is 0 Å². The highest BCUT2D eigenvalue weighted by molar-refractivity contribution is 6.25. The highest BCUT2D eigenvalue weighted by Gasteiger charge is 2.51. The maximum Gasteiger partial charge on any atom is 0.0726 e. The fraction of sp³-hybridized carbons (Fsp3) is 0.0476. The monoisotopic (exact) mass is 811 g/mol. The standard InChI is InChI=1S/C63H41N/c1-62(40-17-3-2-4-18-40)56-27-13-9-23-49(56)53-35-32-42(38-60(53)62)64(41-31-34-48-46-21-6-5-19-44(46)45-20-7-8-22-47(45)55(48)37-41)43-33-36-54-52-26-12-16-30-59(52)63(61(54)39-43)57-28-14-10-24-50(57)51-25-11-15-29-58(51)63/h2-39H,1H3. The lowest BCUT2D eigenvalue weighted by Gasteiger charge is -2.33. The van der Waals surface area contributed by atoms with Gasteiger partial charge in [0, 0.05) is 22.5 Å². The summed E-state index contributed by atoms with van der Waals surface area (Å²) in [6.07, 6.45) is 0. The van der Waals surface area contributed by atoms with Crippen molar-refractivity contribution in [1.29, 1.82) is 0 Å². The Hall–Kier alpha value is -8.00. The molecule has 0 heterocycles. The minimum atomic E-state index is -0.454. The van der Waals surface area contributed by atoms with Gasteiger partial charge >= 0.3 is 0 Å². The second-order valence-electron chi connectivity index (χ2n) is 18.0. The lowest BCUT2D eigenvalue weighted by Crippen LogP contribution is -2.26. The first-order valence-corrected chi connectivity index (χ1v) is 22.5. The Morgan fingerprint density at radius 1 is 0.266 bits per heavy atom. The highest BCUT2D eigenvalue weighted by Crippen LogP contribution is 2.63. The smallest absolute Gasteiger partial charge is 0.0726 e. The Morgan fingerprint density at radius 2 is 0.625 bits per heavy atom. The van der Waals surface area contributed by atoms with E-state index in [1.165, 1.54) is 105 Å². The number of hydrogen-bond donors (Lipinski definition) is 0. The van der Waals surface area contributed by atoms with Crippen LogP contribution >= 0.6 is 0 Å². The number of rotatable bonds is 4. The molecule has 1 unspecified atom stereocenters. The van der Waals surface area contributed by atoms with Crippen LogP contribution in [0.1, 0.15) is 45.9 Å². The van der Waals surface area contributed by atoms with E-state index in [0.29, 0.717) is 0 Å². The van der Waals surface area contributed by atoms with Crippen LogP contribution in [0.15, 0.2) is 231 Å². The molecule has 0 N–H and O–H groups in total. The summed E-state index contributed by atoms with van der Waals surface area (Å²) in [5.74, 6) is 0. The van der Waals surface area contributed by atoms with Crippen molar-refractivity contribution < 1.29 is 0 Å². The molecule has 0 amide bonds. The van der Waals surface area contributed by atoms with E-state index in [1.807, 2.05) is 0 Å². The molecule has 1 heteroatoms. The van der Waals surface area contributed by atoms with Crippen molar-refractivity contribution in [3.05, 3.63) is 269 Å². The summed E-state index contributed by atoms with van der Waals surface area (Å²) < 4.78 is 0. The zero-order chi connectivity index (χ0) is 42.1. The van der Waals surface area contributed by atoms with E-state index in [4.69, 9.17) is 0 Å². The number of fused-ring (bicyclic) bond motifs is 19. The third-order valence-corrected chi connectivity index (χ3v) is 15.1. The number of anilines is 3. The molecule has 0 radical (unpaired) electrons. The molecule has 0 aromatic heterocycles. The Bertz CT molecular complexity index is 3670. The van der Waals surface area contributed by atoms with E-state index in [2.05, 4.69) is 242 Å². The molecule has 3 aliphatic rings. The third-order valence-electron chi connectivity index (χ3n) is 15.1. The van der Waals surface area contributed by atoms with Gasteiger partial charge in [0.2, 0.25) is 0 Å². The first kappa shape index (κ1) is 35.6. The lowest BCUT2D eigenvalue weighted by molar-refractivity contribution is 0.714. The quantitative estimate of drug-likeness (QED) is 0.160. The molecular weight excluding hydrogens is 771 g/mol. The van der Waals surface area contributed by atoms with Gasteiger partial charge < -0.3 is 4.90 Å². The van der Waals surface area contributed by atoms with Crippen molar-refractivity contribution in [3.8, 4) is 33.4 Å². The predicted molar refractivity (Wildman–Crippen MR) is 267 cm³/mol. The zero-order valence-corrected chi connectivity index (χ0v) is 35.4. The maximum absolute atomic E-state index is 2.53. The first-order chi connectivity index (χ1) is 31.6. The molecule has 0 fully saturated rings. The fourth-order valence-electron chi connectivity index (χ4n) is 12.4. The SMILES string of the molecule is CC1(c2ccccc2)c2ccccc2-c2ccc(N(c3ccc4c(c3)C3(c5ccccc5-c5ccccc53)c3ccccc3-4)c3ccc4c5ccccc5c5ccccc5c4c3)cc21. The van der Waals surface area contributed by atoms with E-state index >= 15 is 0 Å². The van der Waals surface area contributed by atoms with Gasteiger partial charge in [0.15, 0.2) is 0 Å². The van der Waals surface area contributed by atoms with Gasteiger partial charge in [-0.1, -0.05) is 194 Å². The molecule has 298 valence electrons. The summed E-state index contributed by atoms with van der Waals surface area (Å²) in [7, 11) is 0. The number of hydrogen-bond acceptors (Lipinski definition) is 1. The Labute approximate surface area is 373 Å². The highest BCUT2D eigenvalue weighted by atomic mass is 15.1. The van der Waals surface area contributed by atoms with Crippen molar-refractivity contribution in [2.75, 3.05) is 4.90 Å². The second-order valence-corrected chi connectivity index (χ2v) is 18.0. The summed E-state index contributed by atoms with van der Waals surface area (Å²) in [5.41, 5.74) is 19.8. The summed E-state index contributed by atoms with van der Waals surface area (Å²) in [6, 6.07) is 86.8. The number of nitrogens with zero attached hydrogens (tertiary/aromatic N) is 1. The lowest BCUT2D eigenvalue weighted by atomic mass is 9.70. The molecule has 1 atom stereocenters. The minimum absolute atomic E-state index is 0.339. The molecule has 0 aliphatic heterocycles. The average Bonchev–Trinajstić information content (AvgIpc) is 3.94. The molecule has 1 spiro atoms. The van der Waals surface area contributed by atoms with Gasteiger partial charge in [-0.05, 0) is 148 Å². The third kappa shape index (κ3) is 4.53. The summed E-state index contributed by atoms with van der Waals surface area (Å²) in [6.45, 7) is 2.42. The molecule has 1 nitrogen and oxygen atoms in total. The topological polar surface area (TPSA) is 3.24 Å². The van der Waals surface area contributed by atoms with Crippen LogP contribution in [0.3, 0.4) is 0 Å². The van der Waals surface area contributed by atoms with Gasteiger partial charge in [-0.3, -0.25) is 0 Å². The molecule has 0 saturated heterocycles. The predicted octanol–water partition coefficient (Wildman–Crippen LogP) is 16.3. The fourth-order valence-corrected chi connectivity index (χ4v) is 12.4. The van der Waals surface area contributed by atoms with E-state index < -0.39 is 5.41 Å². The van der Waals surface area contributed by atoms with E-state index in [0.717, 1.165) is 17.1 Å². The van der Waals surface area contributed by atoms with Crippen LogP contribution in [0.4, 0.5) is 17.1 Å². The van der Waals surface area contributed by atoms with Crippen LogP contribution in [-0.4, -0.2) is 0 Å². The van der Waals surface area contributed by atoms with Crippen LogP contribution in [0.25, 0.3) is 65.7 Å². The average molecular weight is 812 g/mol. The molecule has 0 saturated carbocycles. The van der Waals surface area contributed by atoms with Gasteiger partial charge in [0.05, 0.1) is 5.41 Å². The normalized spacial score (nSPS) is 15.8. The number of benzene rings is 11. The van der Waals surface area contributed by atoms with Gasteiger partial charge in [0.1, 0.15) is 0 Å². The second kappa shape index (κ2) is 13.0. The molecule has 0 bridgehead atoms. The van der Waals surface area contributed by atoms with Crippen LogP contribution < -0.4 is 4.90 Å². The largest absolute Gasteiger partial charge is 0.310 e. The maximum atomic E-state index is 2.53. The van der Waals surface area contributed by atoms with Gasteiger partial charge in [0.25, 0.3) is 0 Å². The zero-order valence-electron chi connectivity index (χ0n) is 35.4. The minimum Gasteiger partial charge on any atom is -0.310 e. The van der Waals surface area contributed by atoms with Gasteiger partial charge in [-0.2, -0.15) is 0 Å².